The maximum absolute atomic E-state index is 13.4. The molecular formula is C24H30N2O3. The topological polar surface area (TPSA) is 58.6 Å². The fourth-order valence-corrected chi connectivity index (χ4v) is 4.01. The minimum absolute atomic E-state index is 0.0301. The summed E-state index contributed by atoms with van der Waals surface area (Å²) in [5.41, 5.74) is 2.01. The Hall–Kier alpha value is -2.82. The molecule has 2 aromatic carbocycles. The Balaban J connectivity index is 1.71. The van der Waals surface area contributed by atoms with Gasteiger partial charge in [0.25, 0.3) is 0 Å². The summed E-state index contributed by atoms with van der Waals surface area (Å²) in [5, 5.41) is 3.00. The minimum atomic E-state index is -0.397. The second kappa shape index (κ2) is 9.59. The lowest BCUT2D eigenvalue weighted by Gasteiger charge is -2.30. The van der Waals surface area contributed by atoms with Crippen LogP contribution < -0.4 is 10.1 Å². The van der Waals surface area contributed by atoms with Crippen molar-refractivity contribution in [1.82, 2.24) is 10.2 Å². The van der Waals surface area contributed by atoms with Gasteiger partial charge in [0.2, 0.25) is 11.8 Å². The molecule has 0 radical (unpaired) electrons. The van der Waals surface area contributed by atoms with Crippen LogP contribution >= 0.6 is 0 Å². The van der Waals surface area contributed by atoms with Gasteiger partial charge in [-0.1, -0.05) is 56.3 Å². The SMILES string of the molecule is COc1ccc(C(C(=O)N2CCC[C@@H]2C(=O)NCc2ccccc2)C(C)C)cc1. The van der Waals surface area contributed by atoms with E-state index in [0.717, 1.165) is 23.3 Å². The van der Waals surface area contributed by atoms with E-state index in [2.05, 4.69) is 5.32 Å². The Morgan fingerprint density at radius 1 is 1.10 bits per heavy atom. The maximum atomic E-state index is 13.4. The van der Waals surface area contributed by atoms with E-state index in [0.29, 0.717) is 19.5 Å². The van der Waals surface area contributed by atoms with Gasteiger partial charge in [0.1, 0.15) is 11.8 Å². The second-order valence-corrected chi connectivity index (χ2v) is 7.89. The lowest BCUT2D eigenvalue weighted by molar-refractivity contribution is -0.140. The third kappa shape index (κ3) is 4.97. The maximum Gasteiger partial charge on any atom is 0.243 e. The van der Waals surface area contributed by atoms with Crippen molar-refractivity contribution in [3.63, 3.8) is 0 Å². The molecule has 0 aromatic heterocycles. The molecule has 1 unspecified atom stereocenters. The minimum Gasteiger partial charge on any atom is -0.497 e. The standard InChI is InChI=1S/C24H30N2O3/c1-17(2)22(19-11-13-20(29-3)14-12-19)24(28)26-15-7-10-21(26)23(27)25-16-18-8-5-4-6-9-18/h4-6,8-9,11-14,17,21-22H,7,10,15-16H2,1-3H3,(H,25,27)/t21-,22?/m1/s1. The largest absolute Gasteiger partial charge is 0.497 e. The molecule has 1 aliphatic heterocycles. The van der Waals surface area contributed by atoms with E-state index < -0.39 is 6.04 Å². The van der Waals surface area contributed by atoms with E-state index in [-0.39, 0.29) is 23.7 Å². The van der Waals surface area contributed by atoms with Gasteiger partial charge < -0.3 is 15.0 Å². The highest BCUT2D eigenvalue weighted by atomic mass is 16.5. The quantitative estimate of drug-likeness (QED) is 0.778. The van der Waals surface area contributed by atoms with Crippen molar-refractivity contribution in [2.24, 2.45) is 5.92 Å². The van der Waals surface area contributed by atoms with Gasteiger partial charge in [-0.05, 0) is 42.0 Å². The van der Waals surface area contributed by atoms with E-state index in [1.807, 2.05) is 68.4 Å². The van der Waals surface area contributed by atoms with Crippen LogP contribution in [0.3, 0.4) is 0 Å². The monoisotopic (exact) mass is 394 g/mol. The molecule has 5 nitrogen and oxygen atoms in total. The van der Waals surface area contributed by atoms with Crippen LogP contribution in [-0.2, 0) is 16.1 Å². The molecule has 0 aliphatic carbocycles. The van der Waals surface area contributed by atoms with Crippen molar-refractivity contribution >= 4 is 11.8 Å². The predicted octanol–water partition coefficient (Wildman–Crippen LogP) is 3.74. The molecule has 2 aromatic rings. The third-order valence-corrected chi connectivity index (χ3v) is 5.56. The van der Waals surface area contributed by atoms with Crippen LogP contribution in [0.25, 0.3) is 0 Å². The first-order valence-corrected chi connectivity index (χ1v) is 10.3. The second-order valence-electron chi connectivity index (χ2n) is 7.89. The summed E-state index contributed by atoms with van der Waals surface area (Å²) in [6.07, 6.45) is 1.56. The van der Waals surface area contributed by atoms with Crippen LogP contribution in [0, 0.1) is 5.92 Å². The molecule has 1 N–H and O–H groups in total. The number of nitrogens with one attached hydrogen (secondary N) is 1. The molecule has 3 rings (SSSR count). The van der Waals surface area contributed by atoms with Crippen molar-refractivity contribution in [2.45, 2.75) is 45.2 Å². The zero-order valence-corrected chi connectivity index (χ0v) is 17.4. The van der Waals surface area contributed by atoms with E-state index >= 15 is 0 Å². The Bertz CT molecular complexity index is 818. The first-order chi connectivity index (χ1) is 14.0. The molecule has 154 valence electrons. The van der Waals surface area contributed by atoms with Crippen LogP contribution in [0.1, 0.15) is 43.7 Å². The molecule has 29 heavy (non-hydrogen) atoms. The summed E-state index contributed by atoms with van der Waals surface area (Å²) in [6, 6.07) is 17.1. The van der Waals surface area contributed by atoms with Crippen molar-refractivity contribution in [1.29, 1.82) is 0 Å². The molecule has 2 amide bonds. The highest BCUT2D eigenvalue weighted by molar-refractivity contribution is 5.91. The fourth-order valence-electron chi connectivity index (χ4n) is 4.01. The van der Waals surface area contributed by atoms with Crippen LogP contribution in [0.2, 0.25) is 0 Å². The predicted molar refractivity (Wildman–Crippen MR) is 114 cm³/mol. The lowest BCUT2D eigenvalue weighted by atomic mass is 9.87. The molecule has 1 heterocycles. The number of hydrogen-bond acceptors (Lipinski definition) is 3. The van der Waals surface area contributed by atoms with Gasteiger partial charge in [-0.15, -0.1) is 0 Å². The fraction of sp³-hybridized carbons (Fsp3) is 0.417. The Morgan fingerprint density at radius 2 is 1.79 bits per heavy atom. The van der Waals surface area contributed by atoms with Crippen LogP contribution in [0.15, 0.2) is 54.6 Å². The number of carbonyl (C=O) groups is 2. The normalized spacial score (nSPS) is 17.2. The van der Waals surface area contributed by atoms with Crippen molar-refractivity contribution in [2.75, 3.05) is 13.7 Å². The summed E-state index contributed by atoms with van der Waals surface area (Å²) in [6.45, 7) is 5.20. The zero-order valence-electron chi connectivity index (χ0n) is 17.4. The number of hydrogen-bond donors (Lipinski definition) is 1. The zero-order chi connectivity index (χ0) is 20.8. The molecule has 2 atom stereocenters. The molecule has 1 saturated heterocycles. The smallest absolute Gasteiger partial charge is 0.243 e. The molecule has 1 fully saturated rings. The Morgan fingerprint density at radius 3 is 2.41 bits per heavy atom. The lowest BCUT2D eigenvalue weighted by Crippen LogP contribution is -2.47. The molecule has 0 bridgehead atoms. The molecule has 1 aliphatic rings. The molecule has 5 heteroatoms. The average molecular weight is 395 g/mol. The molecule has 0 spiro atoms. The van der Waals surface area contributed by atoms with Gasteiger partial charge in [0.15, 0.2) is 0 Å². The van der Waals surface area contributed by atoms with E-state index in [4.69, 9.17) is 4.74 Å². The number of carbonyl (C=O) groups excluding carboxylic acids is 2. The average Bonchev–Trinajstić information content (AvgIpc) is 3.23. The van der Waals surface area contributed by atoms with Gasteiger partial charge >= 0.3 is 0 Å². The Labute approximate surface area is 173 Å². The first-order valence-electron chi connectivity index (χ1n) is 10.3. The van der Waals surface area contributed by atoms with E-state index in [1.165, 1.54) is 0 Å². The van der Waals surface area contributed by atoms with Gasteiger partial charge in [-0.2, -0.15) is 0 Å². The highest BCUT2D eigenvalue weighted by Gasteiger charge is 2.38. The van der Waals surface area contributed by atoms with Crippen LogP contribution in [0.5, 0.6) is 5.75 Å². The highest BCUT2D eigenvalue weighted by Crippen LogP contribution is 2.31. The van der Waals surface area contributed by atoms with Crippen LogP contribution in [-0.4, -0.2) is 36.4 Å². The number of nitrogens with zero attached hydrogens (tertiary/aromatic N) is 1. The van der Waals surface area contributed by atoms with E-state index in [1.54, 1.807) is 12.0 Å². The molecular weight excluding hydrogens is 364 g/mol. The third-order valence-electron chi connectivity index (χ3n) is 5.56. The summed E-state index contributed by atoms with van der Waals surface area (Å²) in [4.78, 5) is 28.0. The van der Waals surface area contributed by atoms with Crippen LogP contribution in [0.4, 0.5) is 0 Å². The summed E-state index contributed by atoms with van der Waals surface area (Å²) in [7, 11) is 1.63. The number of rotatable bonds is 7. The Kier molecular flexibility index (Phi) is 6.91. The summed E-state index contributed by atoms with van der Waals surface area (Å²) in [5.74, 6) is 0.579. The van der Waals surface area contributed by atoms with Gasteiger partial charge in [-0.3, -0.25) is 9.59 Å². The molecule has 0 saturated carbocycles. The van der Waals surface area contributed by atoms with Gasteiger partial charge in [0, 0.05) is 13.1 Å². The first kappa shape index (κ1) is 20.9. The number of amides is 2. The van der Waals surface area contributed by atoms with Crippen molar-refractivity contribution < 1.29 is 14.3 Å². The van der Waals surface area contributed by atoms with Crippen molar-refractivity contribution in [3.05, 3.63) is 65.7 Å². The number of benzene rings is 2. The number of ether oxygens (including phenoxy) is 1. The van der Waals surface area contributed by atoms with Gasteiger partial charge in [-0.25, -0.2) is 0 Å². The van der Waals surface area contributed by atoms with Gasteiger partial charge in [0.05, 0.1) is 13.0 Å². The van der Waals surface area contributed by atoms with E-state index in [9.17, 15) is 9.59 Å². The summed E-state index contributed by atoms with van der Waals surface area (Å²) < 4.78 is 5.23. The summed E-state index contributed by atoms with van der Waals surface area (Å²) >= 11 is 0. The number of methoxy groups -OCH3 is 1. The number of likely N-dealkylation sites (tertiary alicyclic amines) is 1. The van der Waals surface area contributed by atoms with Crippen molar-refractivity contribution in [3.8, 4) is 5.75 Å².